The number of methoxy groups -OCH3 is 2. The van der Waals surface area contributed by atoms with Crippen molar-refractivity contribution in [2.75, 3.05) is 59.4 Å². The summed E-state index contributed by atoms with van der Waals surface area (Å²) in [5.74, 6) is -4.68. The quantitative estimate of drug-likeness (QED) is 0.0363. The molecule has 2 saturated heterocycles. The highest BCUT2D eigenvalue weighted by Crippen LogP contribution is 2.36. The molecule has 486 valence electrons. The van der Waals surface area contributed by atoms with Gasteiger partial charge in [-0.2, -0.15) is 0 Å². The number of primary amides is 1. The molecule has 2 bridgehead atoms. The standard InChI is InChI=1S/C62H94N12O13S/c1-11-37(6)54(72(8)61(83)52(36(4)5)71-59(82)53-40-19-20-42(33-40)66-53)46(85-9)34-50(78)73-26-14-18-45(73)55(86-10)38(7)56(79)69-44(60-64-25-30-88-60)32-39-15-12-16-41(31-39)67-57(80)43(17-13-24-65-62(63)84)68-58(81)51(35(2)3)70-47(75)23-28-87-29-27-74-48(76)21-22-49(74)77/h12,15-16,21-22,25,30-31,35-38,40,42-46,51-55,66H,11,13-14,17-20,23-24,26-29,32-34H2,1-10H3,(H,67,80)(H,68,81)(H,69,79)(H,70,75)(H,71,82)(H3,63,65,84). The van der Waals surface area contributed by atoms with Crippen LogP contribution in [0.2, 0.25) is 0 Å². The first kappa shape index (κ1) is 70.2. The molecule has 1 aliphatic carbocycles. The molecule has 13 unspecified atom stereocenters. The molecule has 0 spiro atoms. The van der Waals surface area contributed by atoms with Crippen LogP contribution in [0.25, 0.3) is 0 Å². The average Bonchev–Trinajstić information content (AvgIpc) is 1.94. The number of imide groups is 1. The van der Waals surface area contributed by atoms with Crippen molar-refractivity contribution in [1.82, 2.24) is 51.6 Å². The van der Waals surface area contributed by atoms with E-state index in [9.17, 15) is 47.9 Å². The molecule has 1 saturated carbocycles. The van der Waals surface area contributed by atoms with Crippen LogP contribution in [0.5, 0.6) is 0 Å². The molecule has 1 aromatic carbocycles. The van der Waals surface area contributed by atoms with Gasteiger partial charge in [0.15, 0.2) is 0 Å². The second-order valence-electron chi connectivity index (χ2n) is 24.4. The van der Waals surface area contributed by atoms with Crippen LogP contribution >= 0.6 is 11.3 Å². The molecule has 13 atom stereocenters. The van der Waals surface area contributed by atoms with Crippen LogP contribution in [0, 0.1) is 29.6 Å². The van der Waals surface area contributed by atoms with E-state index in [-0.39, 0.29) is 106 Å². The van der Waals surface area contributed by atoms with E-state index in [1.54, 1.807) is 69.1 Å². The fraction of sp³-hybridized carbons (Fsp3) is 0.661. The minimum Gasteiger partial charge on any atom is -0.379 e. The Balaban J connectivity index is 1.08. The summed E-state index contributed by atoms with van der Waals surface area (Å²) in [4.78, 5) is 142. The Morgan fingerprint density at radius 3 is 2.22 bits per heavy atom. The first-order valence-electron chi connectivity index (χ1n) is 31.0. The van der Waals surface area contributed by atoms with E-state index in [4.69, 9.17) is 19.9 Å². The topological polar surface area (TPSA) is 331 Å². The molecule has 4 aliphatic rings. The number of rotatable bonds is 35. The van der Waals surface area contributed by atoms with Crippen LogP contribution in [-0.4, -0.2) is 187 Å². The van der Waals surface area contributed by atoms with Crippen molar-refractivity contribution in [2.24, 2.45) is 35.3 Å². The number of likely N-dealkylation sites (tertiary alicyclic amines) is 1. The molecule has 0 radical (unpaired) electrons. The number of piperidine rings is 1. The van der Waals surface area contributed by atoms with Crippen molar-refractivity contribution in [3.8, 4) is 0 Å². The lowest BCUT2D eigenvalue weighted by Gasteiger charge is -2.41. The number of benzene rings is 1. The van der Waals surface area contributed by atoms with Crippen LogP contribution in [0.15, 0.2) is 48.0 Å². The number of aromatic nitrogens is 1. The van der Waals surface area contributed by atoms with E-state index >= 15 is 0 Å². The molecular weight excluding hydrogens is 1150 g/mol. The summed E-state index contributed by atoms with van der Waals surface area (Å²) in [6, 6.07) is 1.75. The summed E-state index contributed by atoms with van der Waals surface area (Å²) in [5.41, 5.74) is 6.40. The SMILES string of the molecule is CCC(C)C(C(CC(=O)N1CCCC1C(OC)C(C)C(=O)NC(Cc1cccc(NC(=O)C(CCCNC(N)=O)NC(=O)C(NC(=O)CCOCCN2C(=O)C=CC2=O)C(C)C)c1)c1nccs1)OC)N(C)C(=O)C(NC(=O)C1NC2CCC1C2)C(C)C. The minimum atomic E-state index is -1.12. The van der Waals surface area contributed by atoms with Gasteiger partial charge in [0.2, 0.25) is 41.4 Å². The van der Waals surface area contributed by atoms with Crippen molar-refractivity contribution >= 4 is 76.2 Å². The molecule has 3 fully saturated rings. The lowest BCUT2D eigenvalue weighted by molar-refractivity contribution is -0.147. The summed E-state index contributed by atoms with van der Waals surface area (Å²) in [6.45, 7) is 13.7. The van der Waals surface area contributed by atoms with Gasteiger partial charge in [-0.05, 0) is 92.7 Å². The van der Waals surface area contributed by atoms with Gasteiger partial charge < -0.3 is 67.0 Å². The van der Waals surface area contributed by atoms with Gasteiger partial charge in [-0.25, -0.2) is 9.78 Å². The number of amides is 11. The maximum absolute atomic E-state index is 14.6. The highest BCUT2D eigenvalue weighted by atomic mass is 32.1. The average molecular weight is 1250 g/mol. The first-order valence-corrected chi connectivity index (χ1v) is 31.9. The molecule has 25 nitrogen and oxygen atoms in total. The first-order chi connectivity index (χ1) is 42.0. The Hall–Kier alpha value is -6.87. The molecule has 1 aromatic heterocycles. The second kappa shape index (κ2) is 33.6. The Morgan fingerprint density at radius 1 is 0.875 bits per heavy atom. The summed E-state index contributed by atoms with van der Waals surface area (Å²) < 4.78 is 17.7. The predicted molar refractivity (Wildman–Crippen MR) is 330 cm³/mol. The molecule has 9 N–H and O–H groups in total. The fourth-order valence-corrected chi connectivity index (χ4v) is 13.2. The van der Waals surface area contributed by atoms with Crippen molar-refractivity contribution in [2.45, 2.75) is 180 Å². The fourth-order valence-electron chi connectivity index (χ4n) is 12.5. The summed E-state index contributed by atoms with van der Waals surface area (Å²) in [6.07, 6.45) is 8.00. The van der Waals surface area contributed by atoms with Gasteiger partial charge in [0.1, 0.15) is 23.1 Å². The number of nitrogens with one attached hydrogen (secondary N) is 7. The molecule has 6 rings (SSSR count). The van der Waals surface area contributed by atoms with Crippen LogP contribution in [-0.2, 0) is 63.8 Å². The Bertz CT molecular complexity index is 2750. The number of hydrogen-bond acceptors (Lipinski definition) is 16. The van der Waals surface area contributed by atoms with Gasteiger partial charge in [0.25, 0.3) is 11.8 Å². The molecule has 88 heavy (non-hydrogen) atoms. The number of fused-ring (bicyclic) bond motifs is 2. The third kappa shape index (κ3) is 19.1. The number of nitrogens with two attached hydrogens (primary N) is 1. The number of thiazole rings is 1. The van der Waals surface area contributed by atoms with E-state index in [1.807, 2.05) is 39.1 Å². The Labute approximate surface area is 520 Å². The number of urea groups is 1. The lowest BCUT2D eigenvalue weighted by Crippen LogP contribution is -2.59. The number of carbonyl (C=O) groups is 10. The lowest BCUT2D eigenvalue weighted by atomic mass is 9.89. The molecular formula is C62H94N12O13S. The van der Waals surface area contributed by atoms with Gasteiger partial charge in [-0.1, -0.05) is 67.0 Å². The molecule has 3 aliphatic heterocycles. The largest absolute Gasteiger partial charge is 0.379 e. The Morgan fingerprint density at radius 2 is 1.60 bits per heavy atom. The van der Waals surface area contributed by atoms with Gasteiger partial charge in [0, 0.05) is 76.2 Å². The molecule has 11 amide bonds. The summed E-state index contributed by atoms with van der Waals surface area (Å²) in [7, 11) is 4.81. The number of hydrogen-bond donors (Lipinski definition) is 8. The zero-order valence-electron chi connectivity index (χ0n) is 52.7. The van der Waals surface area contributed by atoms with Crippen LogP contribution < -0.4 is 43.0 Å². The zero-order chi connectivity index (χ0) is 64.4. The molecule has 4 heterocycles. The minimum absolute atomic E-state index is 0.0156. The van der Waals surface area contributed by atoms with E-state index < -0.39 is 95.9 Å². The second-order valence-corrected chi connectivity index (χ2v) is 25.3. The monoisotopic (exact) mass is 1250 g/mol. The van der Waals surface area contributed by atoms with Crippen molar-refractivity contribution < 1.29 is 62.2 Å². The third-order valence-corrected chi connectivity index (χ3v) is 18.4. The summed E-state index contributed by atoms with van der Waals surface area (Å²) >= 11 is 1.36. The van der Waals surface area contributed by atoms with Crippen LogP contribution in [0.1, 0.15) is 129 Å². The van der Waals surface area contributed by atoms with E-state index in [1.165, 1.54) is 30.6 Å². The van der Waals surface area contributed by atoms with Gasteiger partial charge in [-0.15, -0.1) is 11.3 Å². The number of nitrogens with zero attached hydrogens (tertiary/aromatic N) is 4. The third-order valence-electron chi connectivity index (χ3n) is 17.5. The predicted octanol–water partition coefficient (Wildman–Crippen LogP) is 3.09. The maximum atomic E-state index is 14.6. The normalized spacial score (nSPS) is 21.0. The van der Waals surface area contributed by atoms with Crippen molar-refractivity contribution in [1.29, 1.82) is 0 Å². The van der Waals surface area contributed by atoms with E-state index in [2.05, 4.69) is 42.2 Å². The molecule has 26 heteroatoms. The van der Waals surface area contributed by atoms with Gasteiger partial charge >= 0.3 is 6.03 Å². The van der Waals surface area contributed by atoms with Gasteiger partial charge in [-0.3, -0.25) is 48.1 Å². The maximum Gasteiger partial charge on any atom is 0.312 e. The highest BCUT2D eigenvalue weighted by molar-refractivity contribution is 7.09. The van der Waals surface area contributed by atoms with E-state index in [0.717, 1.165) is 29.7 Å². The highest BCUT2D eigenvalue weighted by Gasteiger charge is 2.46. The molecule has 2 aromatic rings. The zero-order valence-corrected chi connectivity index (χ0v) is 53.5. The summed E-state index contributed by atoms with van der Waals surface area (Å²) in [5, 5.41) is 23.1. The van der Waals surface area contributed by atoms with Crippen molar-refractivity contribution in [3.63, 3.8) is 0 Å². The Kier molecular flexibility index (Phi) is 26.8. The van der Waals surface area contributed by atoms with Crippen LogP contribution in [0.3, 0.4) is 0 Å². The number of likely N-dealkylation sites (N-methyl/N-ethyl adjacent to an activating group) is 1. The number of anilines is 1. The van der Waals surface area contributed by atoms with Gasteiger partial charge in [0.05, 0.1) is 68.5 Å². The van der Waals surface area contributed by atoms with Crippen molar-refractivity contribution in [3.05, 3.63) is 58.6 Å². The van der Waals surface area contributed by atoms with E-state index in [0.29, 0.717) is 42.5 Å². The van der Waals surface area contributed by atoms with Crippen LogP contribution in [0.4, 0.5) is 10.5 Å². The smallest absolute Gasteiger partial charge is 0.312 e. The number of ether oxygens (including phenoxy) is 3. The number of carbonyl (C=O) groups excluding carboxylic acids is 10.